The molecule has 0 saturated heterocycles. The lowest BCUT2D eigenvalue weighted by Crippen LogP contribution is -2.44. The first-order chi connectivity index (χ1) is 5.71. The van der Waals surface area contributed by atoms with Crippen molar-refractivity contribution >= 4 is 27.2 Å². The zero-order chi connectivity index (χ0) is 10.3. The van der Waals surface area contributed by atoms with Crippen molar-refractivity contribution in [3.05, 3.63) is 12.3 Å². The summed E-state index contributed by atoms with van der Waals surface area (Å²) in [7, 11) is -4.62. The van der Waals surface area contributed by atoms with Gasteiger partial charge in [0.2, 0.25) is 8.32 Å². The van der Waals surface area contributed by atoms with Crippen LogP contribution in [0, 0.1) is 0 Å². The van der Waals surface area contributed by atoms with Gasteiger partial charge in [-0.3, -0.25) is 0 Å². The molecule has 5 heteroatoms. The Kier molecular flexibility index (Phi) is 2.55. The van der Waals surface area contributed by atoms with Crippen molar-refractivity contribution in [2.45, 2.75) is 26.2 Å². The van der Waals surface area contributed by atoms with E-state index in [0.29, 0.717) is 5.38 Å². The van der Waals surface area contributed by atoms with Gasteiger partial charge in [-0.15, -0.1) is 0 Å². The summed E-state index contributed by atoms with van der Waals surface area (Å²) in [6.45, 7) is 7.24. The molecule has 0 unspecified atom stereocenters. The molecule has 1 heterocycles. The molecule has 1 aromatic heterocycles. The minimum atomic E-state index is -2.35. The van der Waals surface area contributed by atoms with Crippen LogP contribution in [-0.4, -0.2) is 26.2 Å². The van der Waals surface area contributed by atoms with Crippen LogP contribution in [-0.2, 0) is 0 Å². The predicted octanol–water partition coefficient (Wildman–Crippen LogP) is 0.0884. The highest BCUT2D eigenvalue weighted by atomic mass is 28.4. The Morgan fingerprint density at radius 1 is 1.08 bits per heavy atom. The summed E-state index contributed by atoms with van der Waals surface area (Å²) < 4.78 is 5.24. The van der Waals surface area contributed by atoms with Gasteiger partial charge in [0.25, 0.3) is 8.32 Å². The highest BCUT2D eigenvalue weighted by Gasteiger charge is 2.29. The molecule has 1 aromatic rings. The number of hydrogen-bond donors (Lipinski definition) is 2. The van der Waals surface area contributed by atoms with E-state index in [9.17, 15) is 9.59 Å². The Morgan fingerprint density at radius 2 is 1.62 bits per heavy atom. The van der Waals surface area contributed by atoms with Gasteiger partial charge in [-0.05, 0) is 32.3 Å². The molecule has 0 aliphatic rings. The molecule has 13 heavy (non-hydrogen) atoms. The van der Waals surface area contributed by atoms with Gasteiger partial charge in [-0.25, -0.2) is 0 Å². The van der Waals surface area contributed by atoms with Crippen molar-refractivity contribution < 1.29 is 14.0 Å². The fraction of sp³-hybridized carbons (Fsp3) is 0.500. The summed E-state index contributed by atoms with van der Waals surface area (Å²) in [6.07, 6.45) is 1.56. The standard InChI is InChI=1S/C8H16O3Si2/c1-12(2,9)7-5-8(11-6-7)13(3,4)10/h5-6,9-10H,1-4H3. The van der Waals surface area contributed by atoms with E-state index in [-0.39, 0.29) is 0 Å². The second-order valence-electron chi connectivity index (χ2n) is 4.32. The second kappa shape index (κ2) is 3.09. The van der Waals surface area contributed by atoms with Gasteiger partial charge in [0.1, 0.15) is 5.38 Å². The molecule has 0 amide bonds. The monoisotopic (exact) mass is 216 g/mol. The van der Waals surface area contributed by atoms with Crippen LogP contribution in [0.2, 0.25) is 26.2 Å². The van der Waals surface area contributed by atoms with E-state index >= 15 is 0 Å². The zero-order valence-electron chi connectivity index (χ0n) is 8.46. The highest BCUT2D eigenvalue weighted by molar-refractivity contribution is 6.85. The average molecular weight is 216 g/mol. The third-order valence-corrected chi connectivity index (χ3v) is 5.05. The Labute approximate surface area is 80.3 Å². The fourth-order valence-electron chi connectivity index (χ4n) is 0.978. The maximum Gasteiger partial charge on any atom is 0.254 e. The molecule has 0 aromatic carbocycles. The largest absolute Gasteiger partial charge is 0.471 e. The summed E-state index contributed by atoms with van der Waals surface area (Å²) >= 11 is 0. The third-order valence-electron chi connectivity index (χ3n) is 1.91. The number of rotatable bonds is 2. The Bertz CT molecular complexity index is 265. The molecule has 0 spiro atoms. The molecular weight excluding hydrogens is 200 g/mol. The first-order valence-electron chi connectivity index (χ1n) is 4.25. The van der Waals surface area contributed by atoms with Crippen molar-refractivity contribution in [2.24, 2.45) is 0 Å². The van der Waals surface area contributed by atoms with Crippen molar-refractivity contribution in [1.82, 2.24) is 0 Å². The third kappa shape index (κ3) is 2.54. The lowest BCUT2D eigenvalue weighted by molar-refractivity contribution is 0.528. The van der Waals surface area contributed by atoms with E-state index in [1.54, 1.807) is 25.4 Å². The van der Waals surface area contributed by atoms with Crippen LogP contribution in [0.5, 0.6) is 0 Å². The summed E-state index contributed by atoms with van der Waals surface area (Å²) in [5.41, 5.74) is 0. The molecule has 0 fully saturated rings. The lowest BCUT2D eigenvalue weighted by atomic mass is 10.7. The number of hydrogen-bond acceptors (Lipinski definition) is 3. The fourth-order valence-corrected chi connectivity index (χ4v) is 2.81. The number of furan rings is 1. The SMILES string of the molecule is C[Si](C)(O)c1coc([Si](C)(C)O)c1. The molecule has 0 aliphatic carbocycles. The molecule has 0 bridgehead atoms. The summed E-state index contributed by atoms with van der Waals surface area (Å²) in [4.78, 5) is 19.5. The Balaban J connectivity index is 3.01. The van der Waals surface area contributed by atoms with Crippen LogP contribution < -0.4 is 10.6 Å². The van der Waals surface area contributed by atoms with Gasteiger partial charge in [0.15, 0.2) is 0 Å². The van der Waals surface area contributed by atoms with Crippen LogP contribution in [0.1, 0.15) is 0 Å². The van der Waals surface area contributed by atoms with Crippen molar-refractivity contribution in [1.29, 1.82) is 0 Å². The second-order valence-corrected chi connectivity index (χ2v) is 11.6. The molecule has 0 saturated carbocycles. The maximum atomic E-state index is 9.78. The van der Waals surface area contributed by atoms with Crippen molar-refractivity contribution in [3.8, 4) is 0 Å². The molecule has 74 valence electrons. The zero-order valence-corrected chi connectivity index (χ0v) is 10.5. The normalized spacial score (nSPS) is 13.4. The molecule has 2 N–H and O–H groups in total. The topological polar surface area (TPSA) is 53.6 Å². The average Bonchev–Trinajstić information content (AvgIpc) is 2.28. The van der Waals surface area contributed by atoms with E-state index in [1.165, 1.54) is 0 Å². The van der Waals surface area contributed by atoms with Crippen molar-refractivity contribution in [2.75, 3.05) is 0 Å². The smallest absolute Gasteiger partial charge is 0.254 e. The van der Waals surface area contributed by atoms with E-state index in [2.05, 4.69) is 0 Å². The lowest BCUT2D eigenvalue weighted by Gasteiger charge is -2.11. The van der Waals surface area contributed by atoms with E-state index in [1.807, 2.05) is 13.1 Å². The van der Waals surface area contributed by atoms with Crippen LogP contribution in [0.25, 0.3) is 0 Å². The Morgan fingerprint density at radius 3 is 1.85 bits per heavy atom. The molecule has 0 atom stereocenters. The van der Waals surface area contributed by atoms with Gasteiger partial charge in [0.05, 0.1) is 6.26 Å². The first kappa shape index (κ1) is 10.7. The van der Waals surface area contributed by atoms with Crippen molar-refractivity contribution in [3.63, 3.8) is 0 Å². The van der Waals surface area contributed by atoms with Crippen LogP contribution >= 0.6 is 0 Å². The molecule has 0 radical (unpaired) electrons. The quantitative estimate of drug-likeness (QED) is 0.689. The summed E-state index contributed by atoms with van der Waals surface area (Å²) in [5, 5.41) is 1.48. The maximum absolute atomic E-state index is 9.78. The van der Waals surface area contributed by atoms with Gasteiger partial charge in [-0.2, -0.15) is 0 Å². The van der Waals surface area contributed by atoms with E-state index in [4.69, 9.17) is 4.42 Å². The van der Waals surface area contributed by atoms with Gasteiger partial charge < -0.3 is 14.0 Å². The van der Waals surface area contributed by atoms with Gasteiger partial charge >= 0.3 is 0 Å². The van der Waals surface area contributed by atoms with Crippen LogP contribution in [0.4, 0.5) is 0 Å². The highest BCUT2D eigenvalue weighted by Crippen LogP contribution is 2.02. The minimum absolute atomic E-state index is 0.636. The van der Waals surface area contributed by atoms with Gasteiger partial charge in [-0.1, -0.05) is 0 Å². The van der Waals surface area contributed by atoms with E-state index in [0.717, 1.165) is 5.19 Å². The van der Waals surface area contributed by atoms with E-state index < -0.39 is 16.6 Å². The molecule has 1 rings (SSSR count). The summed E-state index contributed by atoms with van der Waals surface area (Å²) in [6, 6.07) is 1.79. The van der Waals surface area contributed by atoms with Crippen LogP contribution in [0.3, 0.4) is 0 Å². The predicted molar refractivity (Wildman–Crippen MR) is 57.4 cm³/mol. The molecule has 0 aliphatic heterocycles. The van der Waals surface area contributed by atoms with Gasteiger partial charge in [0, 0.05) is 5.19 Å². The molecular formula is C8H16O3Si2. The minimum Gasteiger partial charge on any atom is -0.471 e. The molecule has 3 nitrogen and oxygen atoms in total. The Hall–Kier alpha value is -0.366. The first-order valence-corrected chi connectivity index (χ1v) is 10.1. The van der Waals surface area contributed by atoms with Crippen LogP contribution in [0.15, 0.2) is 16.7 Å². The summed E-state index contributed by atoms with van der Waals surface area (Å²) in [5.74, 6) is 0.